The van der Waals surface area contributed by atoms with E-state index < -0.39 is 12.1 Å². The molecule has 2 unspecified atom stereocenters. The molecule has 18 heavy (non-hydrogen) atoms. The lowest BCUT2D eigenvalue weighted by Crippen LogP contribution is -2.09. The van der Waals surface area contributed by atoms with Crippen LogP contribution in [0.3, 0.4) is 0 Å². The lowest BCUT2D eigenvalue weighted by atomic mass is 9.95. The molecule has 0 fully saturated rings. The molecule has 0 saturated carbocycles. The second kappa shape index (κ2) is 6.68. The summed E-state index contributed by atoms with van der Waals surface area (Å²) in [7, 11) is 0. The Morgan fingerprint density at radius 1 is 1.33 bits per heavy atom. The molecule has 0 spiro atoms. The summed E-state index contributed by atoms with van der Waals surface area (Å²) in [4.78, 5) is 10.6. The van der Waals surface area contributed by atoms with Gasteiger partial charge in [0.25, 0.3) is 0 Å². The Kier molecular flexibility index (Phi) is 5.82. The Labute approximate surface area is 123 Å². The van der Waals surface area contributed by atoms with Gasteiger partial charge in [0.05, 0.1) is 6.10 Å². The van der Waals surface area contributed by atoms with Gasteiger partial charge in [-0.1, -0.05) is 38.8 Å². The first-order chi connectivity index (χ1) is 8.31. The van der Waals surface area contributed by atoms with E-state index in [0.717, 1.165) is 20.1 Å². The summed E-state index contributed by atoms with van der Waals surface area (Å²) in [5.74, 6) is -0.900. The average molecular weight is 380 g/mol. The first-order valence-electron chi connectivity index (χ1n) is 5.66. The zero-order valence-electron chi connectivity index (χ0n) is 10.3. The number of aliphatic hydroxyl groups is 1. The van der Waals surface area contributed by atoms with Gasteiger partial charge < -0.3 is 10.2 Å². The van der Waals surface area contributed by atoms with Crippen molar-refractivity contribution in [3.8, 4) is 0 Å². The van der Waals surface area contributed by atoms with Crippen molar-refractivity contribution >= 4 is 37.8 Å². The van der Waals surface area contributed by atoms with Gasteiger partial charge in [-0.05, 0) is 42.5 Å². The number of rotatable bonds is 5. The number of hydrogen-bond donors (Lipinski definition) is 2. The molecule has 0 heterocycles. The molecule has 0 radical (unpaired) electrons. The molecule has 0 aliphatic carbocycles. The van der Waals surface area contributed by atoms with Gasteiger partial charge in [0, 0.05) is 15.4 Å². The van der Waals surface area contributed by atoms with Gasteiger partial charge in [-0.2, -0.15) is 0 Å². The molecule has 0 aliphatic rings. The van der Waals surface area contributed by atoms with Crippen LogP contribution in [0.5, 0.6) is 0 Å². The third kappa shape index (κ3) is 4.37. The molecule has 0 saturated heterocycles. The van der Waals surface area contributed by atoms with E-state index in [1.165, 1.54) is 0 Å². The highest BCUT2D eigenvalue weighted by Gasteiger charge is 2.18. The van der Waals surface area contributed by atoms with Gasteiger partial charge in [-0.25, -0.2) is 0 Å². The van der Waals surface area contributed by atoms with Crippen LogP contribution < -0.4 is 0 Å². The summed E-state index contributed by atoms with van der Waals surface area (Å²) >= 11 is 6.85. The van der Waals surface area contributed by atoms with Crippen molar-refractivity contribution in [3.63, 3.8) is 0 Å². The monoisotopic (exact) mass is 378 g/mol. The minimum Gasteiger partial charge on any atom is -0.481 e. The number of carbonyl (C=O) groups is 1. The van der Waals surface area contributed by atoms with Crippen LogP contribution in [0, 0.1) is 12.8 Å². The molecule has 0 bridgehead atoms. The van der Waals surface area contributed by atoms with Crippen LogP contribution in [0.15, 0.2) is 21.1 Å². The van der Waals surface area contributed by atoms with E-state index in [1.807, 2.05) is 26.0 Å². The van der Waals surface area contributed by atoms with Crippen LogP contribution in [-0.2, 0) is 4.79 Å². The zero-order chi connectivity index (χ0) is 13.9. The molecule has 1 aromatic carbocycles. The van der Waals surface area contributed by atoms with E-state index in [0.29, 0.717) is 6.42 Å². The molecule has 0 aliphatic heterocycles. The molecule has 2 atom stereocenters. The molecule has 2 N–H and O–H groups in total. The van der Waals surface area contributed by atoms with Crippen LogP contribution in [-0.4, -0.2) is 16.2 Å². The molecular formula is C13H16Br2O3. The number of halogens is 2. The predicted molar refractivity (Wildman–Crippen MR) is 77.6 cm³/mol. The molecule has 0 amide bonds. The molecule has 1 rings (SSSR count). The van der Waals surface area contributed by atoms with Crippen LogP contribution in [0.1, 0.15) is 37.0 Å². The highest BCUT2D eigenvalue weighted by atomic mass is 79.9. The second-order valence-electron chi connectivity index (χ2n) is 4.58. The smallest absolute Gasteiger partial charge is 0.303 e. The Morgan fingerprint density at radius 2 is 1.94 bits per heavy atom. The zero-order valence-corrected chi connectivity index (χ0v) is 13.5. The van der Waals surface area contributed by atoms with Gasteiger partial charge in [0.2, 0.25) is 0 Å². The van der Waals surface area contributed by atoms with Crippen molar-refractivity contribution in [2.45, 2.75) is 32.8 Å². The highest BCUT2D eigenvalue weighted by Crippen LogP contribution is 2.33. The Morgan fingerprint density at radius 3 is 2.50 bits per heavy atom. The van der Waals surface area contributed by atoms with Gasteiger partial charge in [0.15, 0.2) is 0 Å². The first kappa shape index (κ1) is 15.7. The standard InChI is InChI=1S/C13H16Br2O3/c1-7(4-13(17)18)3-12(16)9-6-10(14)8(2)5-11(9)15/h5-7,12,16H,3-4H2,1-2H3,(H,17,18). The number of aryl methyl sites for hydroxylation is 1. The topological polar surface area (TPSA) is 57.5 Å². The highest BCUT2D eigenvalue weighted by molar-refractivity contribution is 9.11. The van der Waals surface area contributed by atoms with E-state index in [-0.39, 0.29) is 12.3 Å². The lowest BCUT2D eigenvalue weighted by Gasteiger charge is -2.17. The molecule has 0 aromatic heterocycles. The largest absolute Gasteiger partial charge is 0.481 e. The SMILES string of the molecule is Cc1cc(Br)c(C(O)CC(C)CC(=O)O)cc1Br. The van der Waals surface area contributed by atoms with Crippen LogP contribution in [0.4, 0.5) is 0 Å². The van der Waals surface area contributed by atoms with Crippen LogP contribution >= 0.6 is 31.9 Å². The predicted octanol–water partition coefficient (Wildman–Crippen LogP) is 4.05. The van der Waals surface area contributed by atoms with Gasteiger partial charge in [0.1, 0.15) is 0 Å². The summed E-state index contributed by atoms with van der Waals surface area (Å²) < 4.78 is 1.78. The molecule has 100 valence electrons. The Bertz CT molecular complexity index is 446. The number of hydrogen-bond acceptors (Lipinski definition) is 2. The van der Waals surface area contributed by atoms with Crippen LogP contribution in [0.25, 0.3) is 0 Å². The van der Waals surface area contributed by atoms with E-state index in [2.05, 4.69) is 31.9 Å². The van der Waals surface area contributed by atoms with Crippen molar-refractivity contribution in [2.24, 2.45) is 5.92 Å². The molecule has 5 heteroatoms. The lowest BCUT2D eigenvalue weighted by molar-refractivity contribution is -0.138. The fraction of sp³-hybridized carbons (Fsp3) is 0.462. The maximum absolute atomic E-state index is 10.6. The normalized spacial score (nSPS) is 14.3. The number of aliphatic carboxylic acids is 1. The minimum absolute atomic E-state index is 0.0653. The van der Waals surface area contributed by atoms with Crippen LogP contribution in [0.2, 0.25) is 0 Å². The van der Waals surface area contributed by atoms with E-state index >= 15 is 0 Å². The third-order valence-corrected chi connectivity index (χ3v) is 4.33. The van der Waals surface area contributed by atoms with E-state index in [4.69, 9.17) is 5.11 Å². The third-order valence-electron chi connectivity index (χ3n) is 2.79. The minimum atomic E-state index is -0.834. The number of carboxylic acids is 1. The Hall–Kier alpha value is -0.390. The second-order valence-corrected chi connectivity index (χ2v) is 6.29. The maximum Gasteiger partial charge on any atom is 0.303 e. The number of benzene rings is 1. The van der Waals surface area contributed by atoms with Gasteiger partial charge in [-0.3, -0.25) is 4.79 Å². The number of aliphatic hydroxyl groups excluding tert-OH is 1. The van der Waals surface area contributed by atoms with Crippen molar-refractivity contribution in [1.82, 2.24) is 0 Å². The maximum atomic E-state index is 10.6. The first-order valence-corrected chi connectivity index (χ1v) is 7.25. The average Bonchev–Trinajstić information content (AvgIpc) is 2.21. The fourth-order valence-corrected chi connectivity index (χ4v) is 2.89. The quantitative estimate of drug-likeness (QED) is 0.811. The summed E-state index contributed by atoms with van der Waals surface area (Å²) in [6, 6.07) is 3.81. The van der Waals surface area contributed by atoms with Crippen molar-refractivity contribution < 1.29 is 15.0 Å². The molecular weight excluding hydrogens is 364 g/mol. The Balaban J connectivity index is 2.81. The summed E-state index contributed by atoms with van der Waals surface area (Å²) in [6.07, 6.45) is -0.159. The summed E-state index contributed by atoms with van der Waals surface area (Å²) in [6.45, 7) is 3.80. The van der Waals surface area contributed by atoms with Crippen molar-refractivity contribution in [1.29, 1.82) is 0 Å². The molecule has 3 nitrogen and oxygen atoms in total. The van der Waals surface area contributed by atoms with E-state index in [9.17, 15) is 9.90 Å². The number of carboxylic acid groups (broad SMARTS) is 1. The van der Waals surface area contributed by atoms with E-state index in [1.54, 1.807) is 0 Å². The summed E-state index contributed by atoms with van der Waals surface area (Å²) in [5.41, 5.74) is 1.86. The van der Waals surface area contributed by atoms with Gasteiger partial charge in [-0.15, -0.1) is 0 Å². The van der Waals surface area contributed by atoms with Gasteiger partial charge >= 0.3 is 5.97 Å². The fourth-order valence-electron chi connectivity index (χ4n) is 1.81. The molecule has 1 aromatic rings. The van der Waals surface area contributed by atoms with Crippen molar-refractivity contribution in [2.75, 3.05) is 0 Å². The summed E-state index contributed by atoms with van der Waals surface area (Å²) in [5, 5.41) is 18.9. The van der Waals surface area contributed by atoms with Crippen molar-refractivity contribution in [3.05, 3.63) is 32.2 Å².